The summed E-state index contributed by atoms with van der Waals surface area (Å²) in [5.41, 5.74) is 0.0835. The maximum atomic E-state index is 13.4. The van der Waals surface area contributed by atoms with Crippen LogP contribution in [0.2, 0.25) is 5.02 Å². The highest BCUT2D eigenvalue weighted by atomic mass is 35.5. The van der Waals surface area contributed by atoms with Crippen molar-refractivity contribution >= 4 is 35.0 Å². The first-order chi connectivity index (χ1) is 8.93. The molecule has 6 heteroatoms. The van der Waals surface area contributed by atoms with Crippen LogP contribution in [0, 0.1) is 11.7 Å². The van der Waals surface area contributed by atoms with Crippen molar-refractivity contribution in [3.05, 3.63) is 29.0 Å². The van der Waals surface area contributed by atoms with Crippen LogP contribution in [0.4, 0.5) is 10.1 Å². The molecule has 1 aromatic rings. The molecule has 2 N–H and O–H groups in total. The van der Waals surface area contributed by atoms with Crippen molar-refractivity contribution in [3.63, 3.8) is 0 Å². The minimum Gasteiger partial charge on any atom is -0.396 e. The molecule has 19 heavy (non-hydrogen) atoms. The van der Waals surface area contributed by atoms with Gasteiger partial charge in [-0.25, -0.2) is 4.39 Å². The maximum absolute atomic E-state index is 13.4. The van der Waals surface area contributed by atoms with Crippen molar-refractivity contribution in [1.82, 2.24) is 0 Å². The van der Waals surface area contributed by atoms with Crippen molar-refractivity contribution in [3.8, 4) is 0 Å². The average molecular weight is 306 g/mol. The van der Waals surface area contributed by atoms with Gasteiger partial charge < -0.3 is 10.4 Å². The smallest absolute Gasteiger partial charge is 0.237 e. The lowest BCUT2D eigenvalue weighted by molar-refractivity contribution is -0.115. The fraction of sp³-hybridized carbons (Fsp3) is 0.462. The van der Waals surface area contributed by atoms with Gasteiger partial charge >= 0.3 is 0 Å². The lowest BCUT2D eigenvalue weighted by atomic mass is 10.2. The van der Waals surface area contributed by atoms with Gasteiger partial charge in [0.1, 0.15) is 5.82 Å². The minimum absolute atomic E-state index is 0.0835. The molecule has 0 unspecified atom stereocenters. The summed E-state index contributed by atoms with van der Waals surface area (Å²) in [6.07, 6.45) is 0. The normalized spacial score (nSPS) is 13.9. The lowest BCUT2D eigenvalue weighted by Crippen LogP contribution is -2.24. The summed E-state index contributed by atoms with van der Waals surface area (Å²) in [5, 5.41) is 11.5. The van der Waals surface area contributed by atoms with Crippen LogP contribution in [0.5, 0.6) is 0 Å². The van der Waals surface area contributed by atoms with E-state index in [1.165, 1.54) is 30.0 Å². The van der Waals surface area contributed by atoms with Crippen LogP contribution < -0.4 is 5.32 Å². The third-order valence-corrected chi connectivity index (χ3v) is 4.21. The van der Waals surface area contributed by atoms with Gasteiger partial charge in [0.25, 0.3) is 0 Å². The van der Waals surface area contributed by atoms with Crippen LogP contribution in [0.3, 0.4) is 0 Å². The number of hydrogen-bond acceptors (Lipinski definition) is 3. The molecule has 0 radical (unpaired) electrons. The van der Waals surface area contributed by atoms with E-state index in [1.807, 2.05) is 6.92 Å². The molecule has 106 valence electrons. The topological polar surface area (TPSA) is 49.3 Å². The molecule has 0 aromatic heterocycles. The molecule has 0 spiro atoms. The quantitative estimate of drug-likeness (QED) is 0.849. The van der Waals surface area contributed by atoms with Crippen molar-refractivity contribution in [2.45, 2.75) is 19.1 Å². The van der Waals surface area contributed by atoms with Gasteiger partial charge in [-0.1, -0.05) is 18.5 Å². The zero-order valence-electron chi connectivity index (χ0n) is 10.8. The van der Waals surface area contributed by atoms with Gasteiger partial charge in [-0.05, 0) is 36.8 Å². The first kappa shape index (κ1) is 16.3. The number of thioether (sulfide) groups is 1. The Hall–Kier alpha value is -0.780. The second-order valence-electron chi connectivity index (χ2n) is 4.38. The summed E-state index contributed by atoms with van der Waals surface area (Å²) < 4.78 is 13.4. The second kappa shape index (κ2) is 7.72. The third kappa shape index (κ3) is 5.38. The SMILES string of the molecule is C[C@@H](CO)CS[C@@H](C)C(=O)Nc1cc(Cl)ccc1F. The number of halogens is 2. The average Bonchev–Trinajstić information content (AvgIpc) is 2.39. The molecule has 2 atom stereocenters. The maximum Gasteiger partial charge on any atom is 0.237 e. The molecule has 0 heterocycles. The Morgan fingerprint density at radius 2 is 2.21 bits per heavy atom. The second-order valence-corrected chi connectivity index (χ2v) is 6.19. The van der Waals surface area contributed by atoms with Crippen LogP contribution in [0.1, 0.15) is 13.8 Å². The highest BCUT2D eigenvalue weighted by Crippen LogP contribution is 2.21. The Balaban J connectivity index is 2.56. The van der Waals surface area contributed by atoms with E-state index in [-0.39, 0.29) is 29.4 Å². The summed E-state index contributed by atoms with van der Waals surface area (Å²) in [6, 6.07) is 4.01. The van der Waals surface area contributed by atoms with Crippen LogP contribution in [0.25, 0.3) is 0 Å². The third-order valence-electron chi connectivity index (χ3n) is 2.50. The highest BCUT2D eigenvalue weighted by Gasteiger charge is 2.16. The zero-order chi connectivity index (χ0) is 14.4. The molecular weight excluding hydrogens is 289 g/mol. The molecular formula is C13H17ClFNO2S. The van der Waals surface area contributed by atoms with E-state index in [0.29, 0.717) is 10.8 Å². The fourth-order valence-corrected chi connectivity index (χ4v) is 2.37. The number of hydrogen-bond donors (Lipinski definition) is 2. The number of benzene rings is 1. The fourth-order valence-electron chi connectivity index (χ4n) is 1.26. The van der Waals surface area contributed by atoms with Gasteiger partial charge in [-0.15, -0.1) is 11.8 Å². The number of amides is 1. The Labute approximate surface area is 121 Å². The van der Waals surface area contributed by atoms with Crippen LogP contribution in [0.15, 0.2) is 18.2 Å². The van der Waals surface area contributed by atoms with Gasteiger partial charge in [-0.2, -0.15) is 0 Å². The molecule has 0 bridgehead atoms. The number of nitrogens with one attached hydrogen (secondary N) is 1. The van der Waals surface area contributed by atoms with E-state index in [1.54, 1.807) is 6.92 Å². The minimum atomic E-state index is -0.515. The van der Waals surface area contributed by atoms with Crippen molar-refractivity contribution in [2.24, 2.45) is 5.92 Å². The van der Waals surface area contributed by atoms with E-state index >= 15 is 0 Å². The predicted molar refractivity (Wildman–Crippen MR) is 78.2 cm³/mol. The monoisotopic (exact) mass is 305 g/mol. The van der Waals surface area contributed by atoms with E-state index < -0.39 is 5.82 Å². The number of aliphatic hydroxyl groups is 1. The van der Waals surface area contributed by atoms with Gasteiger partial charge in [0.15, 0.2) is 0 Å². The van der Waals surface area contributed by atoms with E-state index in [2.05, 4.69) is 5.32 Å². The Bertz CT molecular complexity index is 445. The van der Waals surface area contributed by atoms with Crippen LogP contribution >= 0.6 is 23.4 Å². The van der Waals surface area contributed by atoms with E-state index in [9.17, 15) is 9.18 Å². The van der Waals surface area contributed by atoms with Crippen molar-refractivity contribution in [2.75, 3.05) is 17.7 Å². The summed E-state index contributed by atoms with van der Waals surface area (Å²) in [7, 11) is 0. The lowest BCUT2D eigenvalue weighted by Gasteiger charge is -2.14. The van der Waals surface area contributed by atoms with E-state index in [4.69, 9.17) is 16.7 Å². The Morgan fingerprint density at radius 1 is 1.53 bits per heavy atom. The summed E-state index contributed by atoms with van der Waals surface area (Å²) in [5.74, 6) is 0.00137. The van der Waals surface area contributed by atoms with Gasteiger partial charge in [0, 0.05) is 11.6 Å². The van der Waals surface area contributed by atoms with Gasteiger partial charge in [-0.3, -0.25) is 4.79 Å². The number of carbonyl (C=O) groups is 1. The molecule has 1 rings (SSSR count). The molecule has 1 amide bonds. The van der Waals surface area contributed by atoms with Crippen molar-refractivity contribution < 1.29 is 14.3 Å². The highest BCUT2D eigenvalue weighted by molar-refractivity contribution is 8.00. The van der Waals surface area contributed by atoms with Crippen LogP contribution in [-0.4, -0.2) is 28.6 Å². The molecule has 0 saturated carbocycles. The molecule has 0 saturated heterocycles. The molecule has 1 aromatic carbocycles. The zero-order valence-corrected chi connectivity index (χ0v) is 12.4. The Kier molecular flexibility index (Phi) is 6.62. The summed E-state index contributed by atoms with van der Waals surface area (Å²) in [6.45, 7) is 3.73. The standard InChI is InChI=1S/C13H17ClFNO2S/c1-8(6-17)7-19-9(2)13(18)16-12-5-10(14)3-4-11(12)15/h3-5,8-9,17H,6-7H2,1-2H3,(H,16,18)/t8-,9-/m0/s1. The molecule has 3 nitrogen and oxygen atoms in total. The van der Waals surface area contributed by atoms with Gasteiger partial charge in [0.2, 0.25) is 5.91 Å². The van der Waals surface area contributed by atoms with Gasteiger partial charge in [0.05, 0.1) is 10.9 Å². The van der Waals surface area contributed by atoms with E-state index in [0.717, 1.165) is 0 Å². The Morgan fingerprint density at radius 3 is 2.84 bits per heavy atom. The van der Waals surface area contributed by atoms with Crippen LogP contribution in [-0.2, 0) is 4.79 Å². The molecule has 0 aliphatic heterocycles. The summed E-state index contributed by atoms with van der Waals surface area (Å²) in [4.78, 5) is 11.9. The number of carbonyl (C=O) groups excluding carboxylic acids is 1. The number of anilines is 1. The number of aliphatic hydroxyl groups excluding tert-OH is 1. The first-order valence-electron chi connectivity index (χ1n) is 5.92. The van der Waals surface area contributed by atoms with Crippen molar-refractivity contribution in [1.29, 1.82) is 0 Å². The largest absolute Gasteiger partial charge is 0.396 e. The molecule has 0 aliphatic rings. The molecule has 0 fully saturated rings. The predicted octanol–water partition coefficient (Wildman–Crippen LogP) is 3.17. The number of rotatable bonds is 6. The molecule has 0 aliphatic carbocycles. The first-order valence-corrected chi connectivity index (χ1v) is 7.35. The summed E-state index contributed by atoms with van der Waals surface area (Å²) >= 11 is 7.17.